The Morgan fingerprint density at radius 2 is 0.863 bits per heavy atom. The molecule has 7 aromatic rings. The van der Waals surface area contributed by atoms with Crippen molar-refractivity contribution in [3.05, 3.63) is 154 Å². The summed E-state index contributed by atoms with van der Waals surface area (Å²) in [6.07, 6.45) is 3.50. The average molecular weight is 1030 g/mol. The molecule has 374 valence electrons. The minimum atomic E-state index is -4.97. The molecule has 0 aliphatic heterocycles. The van der Waals surface area contributed by atoms with Crippen LogP contribution in [0.2, 0.25) is 0 Å². The summed E-state index contributed by atoms with van der Waals surface area (Å²) < 4.78 is 66.5. The van der Waals surface area contributed by atoms with Crippen molar-refractivity contribution in [1.29, 1.82) is 0 Å². The van der Waals surface area contributed by atoms with Crippen molar-refractivity contribution < 1.29 is 45.8 Å². The van der Waals surface area contributed by atoms with Crippen molar-refractivity contribution >= 4 is 107 Å². The van der Waals surface area contributed by atoms with Gasteiger partial charge in [-0.15, -0.1) is 0 Å². The number of hydrogen-bond acceptors (Lipinski definition) is 19. The molecule has 2 aliphatic rings. The Balaban J connectivity index is 1.06. The quantitative estimate of drug-likeness (QED) is 0.0299. The number of fused-ring (bicyclic) bond motifs is 4. The number of benzene rings is 6. The molecule has 2 aliphatic carbocycles. The first-order valence-electron chi connectivity index (χ1n) is 22.9. The van der Waals surface area contributed by atoms with Gasteiger partial charge in [-0.1, -0.05) is 87.4 Å². The summed E-state index contributed by atoms with van der Waals surface area (Å²) in [7, 11) is -9.44. The van der Waals surface area contributed by atoms with Gasteiger partial charge in [0.2, 0.25) is 17.8 Å². The largest absolute Gasteiger partial charge is 0.397 e. The van der Waals surface area contributed by atoms with Crippen LogP contribution in [0.25, 0.3) is 0 Å². The number of nitrogens with two attached hydrogens (primary N) is 2. The molecule has 6 aromatic carbocycles. The van der Waals surface area contributed by atoms with Gasteiger partial charge in [-0.2, -0.15) is 23.4 Å². The molecule has 9 rings (SSSR count). The van der Waals surface area contributed by atoms with Crippen LogP contribution < -0.4 is 37.6 Å². The first-order chi connectivity index (χ1) is 34.9. The van der Waals surface area contributed by atoms with E-state index in [0.717, 1.165) is 37.8 Å². The lowest BCUT2D eigenvalue weighted by Gasteiger charge is -2.28. The lowest BCUT2D eigenvalue weighted by Crippen LogP contribution is -2.28. The van der Waals surface area contributed by atoms with E-state index in [1.165, 1.54) is 24.3 Å². The molecule has 1 aromatic heterocycles. The number of carbonyl (C=O) groups is 4. The Labute approximate surface area is 420 Å². The van der Waals surface area contributed by atoms with E-state index < -0.39 is 65.3 Å². The second-order valence-electron chi connectivity index (χ2n) is 17.2. The zero-order valence-electron chi connectivity index (χ0n) is 39.1. The minimum absolute atomic E-state index is 0.0213. The molecule has 73 heavy (non-hydrogen) atoms. The molecule has 0 spiro atoms. The molecule has 1 heterocycles. The number of aromatic nitrogens is 3. The molecule has 0 radical (unpaired) electrons. The van der Waals surface area contributed by atoms with E-state index in [1.807, 2.05) is 0 Å². The molecule has 0 atom stereocenters. The lowest BCUT2D eigenvalue weighted by molar-refractivity contribution is 0.0980. The standard InChI is InChI=1S/C51H48N10O10S2/c1-3-5-21-61(22-6-4-2)51-59-49(56-29-15-11-13-27(23-29)54-35-25-37(72(66,67)68)43(52)41-39(35)45(62)31-17-7-9-19-33(31)47(41)64)58-50(60-51)57-30-16-12-14-28(24-30)55-36-26-38(73(69,70)71)44(53)42-40(36)46(63)32-18-8-10-20-34(32)48(42)65/h7-20,23-26,54-55,66-68H,3-6,21-22,52-53H2,1-2H3,(H,69,70,71)(H2,56,57,58,59,60). The third kappa shape index (κ3) is 9.77. The van der Waals surface area contributed by atoms with Crippen LogP contribution in [0.4, 0.5) is 63.3 Å². The predicted octanol–water partition coefficient (Wildman–Crippen LogP) is 9.80. The van der Waals surface area contributed by atoms with E-state index in [1.54, 1.807) is 72.8 Å². The number of anilines is 11. The van der Waals surface area contributed by atoms with E-state index >= 15 is 0 Å². The van der Waals surface area contributed by atoms with Gasteiger partial charge in [0.25, 0.3) is 10.1 Å². The van der Waals surface area contributed by atoms with Gasteiger partial charge >= 0.3 is 0 Å². The molecule has 0 saturated carbocycles. The van der Waals surface area contributed by atoms with Gasteiger partial charge in [-0.3, -0.25) is 23.7 Å². The van der Waals surface area contributed by atoms with Crippen molar-refractivity contribution in [2.24, 2.45) is 0 Å². The highest BCUT2D eigenvalue weighted by atomic mass is 32.3. The summed E-state index contributed by atoms with van der Waals surface area (Å²) in [5.41, 5.74) is 12.3. The van der Waals surface area contributed by atoms with Crippen LogP contribution >= 0.6 is 10.9 Å². The van der Waals surface area contributed by atoms with E-state index in [4.69, 9.17) is 26.4 Å². The second kappa shape index (κ2) is 19.7. The van der Waals surface area contributed by atoms with Crippen molar-refractivity contribution in [2.45, 2.75) is 49.3 Å². The molecule has 0 bridgehead atoms. The van der Waals surface area contributed by atoms with Crippen molar-refractivity contribution in [1.82, 2.24) is 15.0 Å². The monoisotopic (exact) mass is 1020 g/mol. The zero-order chi connectivity index (χ0) is 51.9. The predicted molar refractivity (Wildman–Crippen MR) is 280 cm³/mol. The molecule has 0 fully saturated rings. The Bertz CT molecular complexity index is 3540. The first kappa shape index (κ1) is 49.7. The maximum absolute atomic E-state index is 14.0. The van der Waals surface area contributed by atoms with Crippen LogP contribution in [0.5, 0.6) is 0 Å². The van der Waals surface area contributed by atoms with Gasteiger partial charge in [0, 0.05) is 58.1 Å². The van der Waals surface area contributed by atoms with E-state index in [2.05, 4.69) is 40.0 Å². The highest BCUT2D eigenvalue weighted by molar-refractivity contribution is 8.19. The maximum Gasteiger partial charge on any atom is 0.296 e. The molecular formula is C51H48N10O10S2. The molecular weight excluding hydrogens is 977 g/mol. The number of nitrogens with zero attached hydrogens (tertiary/aromatic N) is 4. The van der Waals surface area contributed by atoms with Crippen LogP contribution in [-0.2, 0) is 10.1 Å². The minimum Gasteiger partial charge on any atom is -0.397 e. The van der Waals surface area contributed by atoms with Gasteiger partial charge in [0.1, 0.15) is 15.8 Å². The Kier molecular flexibility index (Phi) is 13.4. The molecule has 0 amide bonds. The normalized spacial score (nSPS) is 13.1. The van der Waals surface area contributed by atoms with Crippen LogP contribution in [0.3, 0.4) is 0 Å². The van der Waals surface area contributed by atoms with Gasteiger partial charge < -0.3 is 51.3 Å². The van der Waals surface area contributed by atoms with Gasteiger partial charge in [0.15, 0.2) is 23.1 Å². The van der Waals surface area contributed by atoms with E-state index in [0.29, 0.717) is 41.8 Å². The summed E-state index contributed by atoms with van der Waals surface area (Å²) in [5, 5.41) is 12.6. The lowest BCUT2D eigenvalue weighted by atomic mass is 9.82. The number of hydrogen-bond donors (Lipinski definition) is 10. The highest BCUT2D eigenvalue weighted by Crippen LogP contribution is 2.52. The molecule has 12 N–H and O–H groups in total. The van der Waals surface area contributed by atoms with Gasteiger partial charge in [0.05, 0.1) is 49.9 Å². The summed E-state index contributed by atoms with van der Waals surface area (Å²) in [5.74, 6) is -1.86. The van der Waals surface area contributed by atoms with Gasteiger partial charge in [-0.05, 0) is 61.4 Å². The summed E-state index contributed by atoms with van der Waals surface area (Å²) in [4.78, 5) is 70.7. The fourth-order valence-corrected chi connectivity index (χ4v) is 10.1. The number of unbranched alkanes of at least 4 members (excludes halogenated alkanes) is 2. The first-order valence-corrected chi connectivity index (χ1v) is 25.9. The Morgan fingerprint density at radius 3 is 1.25 bits per heavy atom. The summed E-state index contributed by atoms with van der Waals surface area (Å²) in [6.45, 7) is 5.43. The van der Waals surface area contributed by atoms with Gasteiger partial charge in [-0.25, -0.2) is 0 Å². The molecule has 0 unspecified atom stereocenters. The average Bonchev–Trinajstić information content (AvgIpc) is 3.35. The second-order valence-corrected chi connectivity index (χ2v) is 20.1. The molecule has 22 heteroatoms. The van der Waals surface area contributed by atoms with Crippen LogP contribution in [0, 0.1) is 0 Å². The topological polar surface area (TPSA) is 325 Å². The smallest absolute Gasteiger partial charge is 0.296 e. The third-order valence-electron chi connectivity index (χ3n) is 12.2. The van der Waals surface area contributed by atoms with Crippen molar-refractivity contribution in [3.8, 4) is 0 Å². The van der Waals surface area contributed by atoms with E-state index in [-0.39, 0.29) is 67.8 Å². The highest BCUT2D eigenvalue weighted by Gasteiger charge is 2.38. The Hall–Kier alpha value is -8.25. The third-order valence-corrected chi connectivity index (χ3v) is 14.1. The fraction of sp³-hybridized carbons (Fsp3) is 0.157. The number of ketones is 4. The van der Waals surface area contributed by atoms with Crippen LogP contribution in [-0.4, -0.2) is 77.8 Å². The van der Waals surface area contributed by atoms with Crippen LogP contribution in [0.1, 0.15) is 103 Å². The number of nitrogen functional groups attached to an aromatic ring is 2. The Morgan fingerprint density at radius 1 is 0.493 bits per heavy atom. The fourth-order valence-electron chi connectivity index (χ4n) is 8.77. The van der Waals surface area contributed by atoms with Crippen molar-refractivity contribution in [2.75, 3.05) is 50.7 Å². The van der Waals surface area contributed by atoms with Crippen LogP contribution in [0.15, 0.2) is 119 Å². The number of nitrogens with one attached hydrogen (secondary N) is 4. The SMILES string of the molecule is CCCCN(CCCC)c1nc(Nc2cccc(Nc3cc(S(O)(O)O)c(N)c4c3C(=O)c3ccccc3C4=O)c2)nc(Nc2cccc(Nc3cc(S(=O)(=O)O)c(N)c4c3C(=O)c3ccccc3C4=O)c2)n1. The molecule has 0 saturated heterocycles. The summed E-state index contributed by atoms with van der Waals surface area (Å²) >= 11 is 0. The molecule has 20 nitrogen and oxygen atoms in total. The zero-order valence-corrected chi connectivity index (χ0v) is 40.8. The summed E-state index contributed by atoms with van der Waals surface area (Å²) in [6, 6.07) is 27.8. The van der Waals surface area contributed by atoms with Crippen molar-refractivity contribution in [3.63, 3.8) is 0 Å². The number of rotatable bonds is 17. The van der Waals surface area contributed by atoms with E-state index in [9.17, 15) is 45.8 Å². The maximum atomic E-state index is 14.0. The number of carbonyl (C=O) groups excluding carboxylic acids is 4.